The van der Waals surface area contributed by atoms with Crippen molar-refractivity contribution < 1.29 is 0 Å². The lowest BCUT2D eigenvalue weighted by Crippen LogP contribution is -2.47. The fraction of sp³-hybridized carbons (Fsp3) is 0.250. The Kier molecular flexibility index (Phi) is 4.74. The van der Waals surface area contributed by atoms with E-state index in [9.17, 15) is 0 Å². The third kappa shape index (κ3) is 3.76. The Balaban J connectivity index is 1.48. The van der Waals surface area contributed by atoms with Crippen LogP contribution in [0.5, 0.6) is 0 Å². The molecule has 0 radical (unpaired) electrons. The molecule has 1 aliphatic heterocycles. The van der Waals surface area contributed by atoms with Gasteiger partial charge in [-0.25, -0.2) is 15.0 Å². The molecule has 0 unspecified atom stereocenters. The topological polar surface area (TPSA) is 83.2 Å². The maximum Gasteiger partial charge on any atom is 0.159 e. The minimum atomic E-state index is 0.574. The summed E-state index contributed by atoms with van der Waals surface area (Å²) in [6.07, 6.45) is 3.39. The standard InChI is InChI=1S/C20H23N7/c1-15-5-4-6-16(13-15)25-19-18(21)20(24-14-23-19)27-11-9-26(10-12-27)17-7-2-3-8-22-17/h2-8,13-14H,9-12,21H2,1H3,(H,23,24,25). The Bertz CT molecular complexity index is 905. The molecule has 3 N–H and O–H groups in total. The number of nitrogens with one attached hydrogen (secondary N) is 1. The van der Waals surface area contributed by atoms with Crippen LogP contribution < -0.4 is 20.9 Å². The van der Waals surface area contributed by atoms with Crippen LogP contribution in [-0.4, -0.2) is 41.1 Å². The number of nitrogen functional groups attached to an aromatic ring is 1. The average Bonchev–Trinajstić information content (AvgIpc) is 2.71. The predicted molar refractivity (Wildman–Crippen MR) is 110 cm³/mol. The van der Waals surface area contributed by atoms with E-state index in [0.717, 1.165) is 43.5 Å². The summed E-state index contributed by atoms with van der Waals surface area (Å²) in [4.78, 5) is 17.7. The first-order valence-electron chi connectivity index (χ1n) is 9.06. The van der Waals surface area contributed by atoms with Gasteiger partial charge in [0, 0.05) is 38.1 Å². The van der Waals surface area contributed by atoms with Crippen molar-refractivity contribution in [2.24, 2.45) is 0 Å². The van der Waals surface area contributed by atoms with Gasteiger partial charge in [-0.05, 0) is 36.8 Å². The van der Waals surface area contributed by atoms with Gasteiger partial charge in [0.1, 0.15) is 17.8 Å². The van der Waals surface area contributed by atoms with E-state index in [2.05, 4.69) is 49.1 Å². The first-order valence-corrected chi connectivity index (χ1v) is 9.06. The zero-order chi connectivity index (χ0) is 18.6. The number of anilines is 5. The number of piperazine rings is 1. The van der Waals surface area contributed by atoms with Crippen molar-refractivity contribution in [3.05, 3.63) is 60.6 Å². The molecule has 0 saturated carbocycles. The van der Waals surface area contributed by atoms with Crippen molar-refractivity contribution in [1.82, 2.24) is 15.0 Å². The average molecular weight is 361 g/mol. The smallest absolute Gasteiger partial charge is 0.159 e. The number of nitrogens with two attached hydrogens (primary N) is 1. The lowest BCUT2D eigenvalue weighted by Gasteiger charge is -2.36. The second kappa shape index (κ2) is 7.49. The van der Waals surface area contributed by atoms with Crippen molar-refractivity contribution in [1.29, 1.82) is 0 Å². The SMILES string of the molecule is Cc1cccc(Nc2ncnc(N3CCN(c4ccccn4)CC3)c2N)c1. The van der Waals surface area contributed by atoms with Crippen LogP contribution in [0, 0.1) is 6.92 Å². The quantitative estimate of drug-likeness (QED) is 0.739. The van der Waals surface area contributed by atoms with Crippen LogP contribution in [0.15, 0.2) is 55.0 Å². The largest absolute Gasteiger partial charge is 0.393 e. The third-order valence-electron chi connectivity index (χ3n) is 4.70. The third-order valence-corrected chi connectivity index (χ3v) is 4.70. The zero-order valence-corrected chi connectivity index (χ0v) is 15.3. The fourth-order valence-electron chi connectivity index (χ4n) is 3.29. The van der Waals surface area contributed by atoms with Crippen LogP contribution in [0.2, 0.25) is 0 Å². The molecule has 0 aliphatic carbocycles. The van der Waals surface area contributed by atoms with Crippen LogP contribution in [-0.2, 0) is 0 Å². The fourth-order valence-corrected chi connectivity index (χ4v) is 3.29. The Hall–Kier alpha value is -3.35. The van der Waals surface area contributed by atoms with Crippen molar-refractivity contribution >= 4 is 28.8 Å². The van der Waals surface area contributed by atoms with Crippen LogP contribution >= 0.6 is 0 Å². The van der Waals surface area contributed by atoms with Gasteiger partial charge in [-0.3, -0.25) is 0 Å². The van der Waals surface area contributed by atoms with E-state index in [4.69, 9.17) is 5.73 Å². The molecule has 7 heteroatoms. The van der Waals surface area contributed by atoms with E-state index in [0.29, 0.717) is 11.5 Å². The Labute approximate surface area is 158 Å². The highest BCUT2D eigenvalue weighted by Crippen LogP contribution is 2.29. The maximum atomic E-state index is 6.39. The Morgan fingerprint density at radius 1 is 0.926 bits per heavy atom. The van der Waals surface area contributed by atoms with E-state index in [1.54, 1.807) is 6.33 Å². The maximum absolute atomic E-state index is 6.39. The first kappa shape index (κ1) is 17.1. The summed E-state index contributed by atoms with van der Waals surface area (Å²) < 4.78 is 0. The lowest BCUT2D eigenvalue weighted by atomic mass is 10.2. The van der Waals surface area contributed by atoms with Gasteiger partial charge in [0.25, 0.3) is 0 Å². The van der Waals surface area contributed by atoms with Gasteiger partial charge >= 0.3 is 0 Å². The number of aryl methyl sites for hydroxylation is 1. The van der Waals surface area contributed by atoms with E-state index >= 15 is 0 Å². The summed E-state index contributed by atoms with van der Waals surface area (Å²) in [5.41, 5.74) is 9.11. The molecule has 2 aromatic heterocycles. The minimum Gasteiger partial charge on any atom is -0.393 e. The zero-order valence-electron chi connectivity index (χ0n) is 15.3. The van der Waals surface area contributed by atoms with Gasteiger partial charge in [-0.15, -0.1) is 0 Å². The lowest BCUT2D eigenvalue weighted by molar-refractivity contribution is 0.642. The predicted octanol–water partition coefficient (Wildman–Crippen LogP) is 2.83. The molecule has 0 atom stereocenters. The summed E-state index contributed by atoms with van der Waals surface area (Å²) in [7, 11) is 0. The number of pyridine rings is 1. The number of aromatic nitrogens is 3. The molecule has 7 nitrogen and oxygen atoms in total. The second-order valence-electron chi connectivity index (χ2n) is 6.62. The van der Waals surface area contributed by atoms with Gasteiger partial charge in [-0.2, -0.15) is 0 Å². The highest BCUT2D eigenvalue weighted by molar-refractivity contribution is 5.78. The van der Waals surface area contributed by atoms with E-state index in [1.807, 2.05) is 36.5 Å². The van der Waals surface area contributed by atoms with Gasteiger partial charge in [0.05, 0.1) is 0 Å². The molecular formula is C20H23N7. The highest BCUT2D eigenvalue weighted by Gasteiger charge is 2.22. The van der Waals surface area contributed by atoms with Crippen molar-refractivity contribution in [2.75, 3.05) is 47.0 Å². The molecule has 4 rings (SSSR count). The van der Waals surface area contributed by atoms with Crippen LogP contribution in [0.4, 0.5) is 28.8 Å². The number of rotatable bonds is 4. The molecule has 27 heavy (non-hydrogen) atoms. The second-order valence-corrected chi connectivity index (χ2v) is 6.62. The number of benzene rings is 1. The number of nitrogens with zero attached hydrogens (tertiary/aromatic N) is 5. The van der Waals surface area contributed by atoms with Crippen molar-refractivity contribution in [3.8, 4) is 0 Å². The summed E-state index contributed by atoms with van der Waals surface area (Å²) >= 11 is 0. The van der Waals surface area contributed by atoms with Gasteiger partial charge in [0.2, 0.25) is 0 Å². The first-order chi connectivity index (χ1) is 13.2. The highest BCUT2D eigenvalue weighted by atomic mass is 15.3. The molecule has 138 valence electrons. The number of hydrogen-bond acceptors (Lipinski definition) is 7. The van der Waals surface area contributed by atoms with E-state index in [-0.39, 0.29) is 0 Å². The van der Waals surface area contributed by atoms with Gasteiger partial charge in [0.15, 0.2) is 11.6 Å². The van der Waals surface area contributed by atoms with Crippen molar-refractivity contribution in [2.45, 2.75) is 6.92 Å². The van der Waals surface area contributed by atoms with Crippen LogP contribution in [0.1, 0.15) is 5.56 Å². The van der Waals surface area contributed by atoms with Crippen LogP contribution in [0.3, 0.4) is 0 Å². The summed E-state index contributed by atoms with van der Waals surface area (Å²) in [6.45, 7) is 5.48. The molecular weight excluding hydrogens is 338 g/mol. The minimum absolute atomic E-state index is 0.574. The van der Waals surface area contributed by atoms with E-state index in [1.165, 1.54) is 5.56 Å². The van der Waals surface area contributed by atoms with Crippen molar-refractivity contribution in [3.63, 3.8) is 0 Å². The normalized spacial score (nSPS) is 14.3. The summed E-state index contributed by atoms with van der Waals surface area (Å²) in [6, 6.07) is 14.1. The molecule has 3 aromatic rings. The molecule has 1 fully saturated rings. The Morgan fingerprint density at radius 3 is 2.48 bits per heavy atom. The molecule has 1 aromatic carbocycles. The summed E-state index contributed by atoms with van der Waals surface area (Å²) in [5.74, 6) is 2.42. The van der Waals surface area contributed by atoms with Crippen LogP contribution in [0.25, 0.3) is 0 Å². The molecule has 0 spiro atoms. The summed E-state index contributed by atoms with van der Waals surface area (Å²) in [5, 5.41) is 3.30. The molecule has 1 saturated heterocycles. The molecule has 1 aliphatic rings. The monoisotopic (exact) mass is 361 g/mol. The number of hydrogen-bond donors (Lipinski definition) is 2. The van der Waals surface area contributed by atoms with Gasteiger partial charge < -0.3 is 20.9 Å². The molecule has 0 bridgehead atoms. The van der Waals surface area contributed by atoms with Gasteiger partial charge in [-0.1, -0.05) is 18.2 Å². The molecule has 3 heterocycles. The van der Waals surface area contributed by atoms with E-state index < -0.39 is 0 Å². The molecule has 0 amide bonds. The Morgan fingerprint density at radius 2 is 1.74 bits per heavy atom.